The number of aromatic amines is 1. The van der Waals surface area contributed by atoms with Crippen LogP contribution in [0.3, 0.4) is 0 Å². The van der Waals surface area contributed by atoms with Crippen LogP contribution >= 0.6 is 15.9 Å². The maximum Gasteiger partial charge on any atom is 0.411 e. The van der Waals surface area contributed by atoms with Crippen molar-refractivity contribution >= 4 is 22.0 Å². The van der Waals surface area contributed by atoms with E-state index in [-0.39, 0.29) is 12.1 Å². The van der Waals surface area contributed by atoms with Gasteiger partial charge >= 0.3 is 6.09 Å². The van der Waals surface area contributed by atoms with Crippen molar-refractivity contribution in [3.05, 3.63) is 40.8 Å². The standard InChI is InChI=1S/C20H24BrN3O2/c1-20(2,3)26-19(25)24-16(9-6-13-10-17(13)24)18-22-11-15(23-18)12-4-7-14(21)8-5-12/h4-5,7-8,11,13,16-17H,6,9-10H2,1-3H3,(H,22,23)/t13-,16-,17+/m0/s1. The van der Waals surface area contributed by atoms with Gasteiger partial charge in [0.15, 0.2) is 0 Å². The minimum atomic E-state index is -0.491. The number of carbonyl (C=O) groups is 1. The van der Waals surface area contributed by atoms with E-state index in [4.69, 9.17) is 4.74 Å². The molecule has 0 unspecified atom stereocenters. The Balaban J connectivity index is 1.59. The quantitative estimate of drug-likeness (QED) is 0.720. The lowest BCUT2D eigenvalue weighted by atomic mass is 10.0. The van der Waals surface area contributed by atoms with Crippen LogP contribution in [0, 0.1) is 5.92 Å². The largest absolute Gasteiger partial charge is 0.444 e. The van der Waals surface area contributed by atoms with Gasteiger partial charge in [-0.2, -0.15) is 0 Å². The molecule has 2 aliphatic rings. The number of piperidine rings is 1. The summed E-state index contributed by atoms with van der Waals surface area (Å²) in [6.07, 6.45) is 4.77. The second-order valence-corrected chi connectivity index (χ2v) is 9.15. The Morgan fingerprint density at radius 1 is 1.27 bits per heavy atom. The highest BCUT2D eigenvalue weighted by molar-refractivity contribution is 9.10. The Hall–Kier alpha value is -1.82. The highest BCUT2D eigenvalue weighted by Gasteiger charge is 2.52. The van der Waals surface area contributed by atoms with E-state index in [9.17, 15) is 4.79 Å². The first kappa shape index (κ1) is 17.6. The van der Waals surface area contributed by atoms with Crippen molar-refractivity contribution in [2.75, 3.05) is 0 Å². The van der Waals surface area contributed by atoms with Gasteiger partial charge in [-0.05, 0) is 63.6 Å². The number of carbonyl (C=O) groups excluding carboxylic acids is 1. The van der Waals surface area contributed by atoms with Crippen LogP contribution in [-0.4, -0.2) is 32.6 Å². The molecule has 1 amide bonds. The summed E-state index contributed by atoms with van der Waals surface area (Å²) in [5.41, 5.74) is 1.56. The van der Waals surface area contributed by atoms with Gasteiger partial charge in [-0.3, -0.25) is 4.90 Å². The first-order valence-corrected chi connectivity index (χ1v) is 9.93. The lowest BCUT2D eigenvalue weighted by Crippen LogP contribution is -2.43. The SMILES string of the molecule is CC(C)(C)OC(=O)N1[C@@H]2C[C@@H]2CC[C@H]1c1ncc(-c2ccc(Br)cc2)[nH]1. The maximum atomic E-state index is 12.8. The number of H-pyrrole nitrogens is 1. The third kappa shape index (κ3) is 3.52. The molecule has 0 spiro atoms. The first-order valence-electron chi connectivity index (χ1n) is 9.14. The highest BCUT2D eigenvalue weighted by Crippen LogP contribution is 2.50. The molecule has 1 aromatic carbocycles. The number of likely N-dealkylation sites (tertiary alicyclic amines) is 1. The smallest absolute Gasteiger partial charge is 0.411 e. The van der Waals surface area contributed by atoms with Crippen LogP contribution in [-0.2, 0) is 4.74 Å². The van der Waals surface area contributed by atoms with E-state index < -0.39 is 5.60 Å². The molecule has 1 aliphatic heterocycles. The Morgan fingerprint density at radius 2 is 2.00 bits per heavy atom. The normalized spacial score (nSPS) is 24.9. The van der Waals surface area contributed by atoms with Gasteiger partial charge in [-0.1, -0.05) is 28.1 Å². The Labute approximate surface area is 162 Å². The van der Waals surface area contributed by atoms with E-state index in [0.717, 1.165) is 40.8 Å². The molecule has 1 aliphatic carbocycles. The number of rotatable bonds is 2. The summed E-state index contributed by atoms with van der Waals surface area (Å²) in [4.78, 5) is 22.8. The number of aromatic nitrogens is 2. The van der Waals surface area contributed by atoms with Crippen molar-refractivity contribution in [3.63, 3.8) is 0 Å². The molecule has 1 aromatic heterocycles. The van der Waals surface area contributed by atoms with Crippen LogP contribution in [0.4, 0.5) is 4.79 Å². The van der Waals surface area contributed by atoms with Gasteiger partial charge in [-0.25, -0.2) is 9.78 Å². The number of imidazole rings is 1. The Kier molecular flexibility index (Phi) is 4.34. The Morgan fingerprint density at radius 3 is 2.69 bits per heavy atom. The molecule has 3 atom stereocenters. The van der Waals surface area contributed by atoms with Gasteiger partial charge in [0.05, 0.1) is 17.9 Å². The van der Waals surface area contributed by atoms with E-state index >= 15 is 0 Å². The molecule has 6 heteroatoms. The van der Waals surface area contributed by atoms with Crippen LogP contribution < -0.4 is 0 Å². The molecule has 0 radical (unpaired) electrons. The predicted octanol–water partition coefficient (Wildman–Crippen LogP) is 5.30. The summed E-state index contributed by atoms with van der Waals surface area (Å²) in [6, 6.07) is 8.37. The number of halogens is 1. The van der Waals surface area contributed by atoms with Crippen LogP contribution in [0.1, 0.15) is 51.9 Å². The van der Waals surface area contributed by atoms with Crippen molar-refractivity contribution in [2.45, 2.75) is 57.7 Å². The average Bonchev–Trinajstić information content (AvgIpc) is 3.19. The van der Waals surface area contributed by atoms with Crippen molar-refractivity contribution in [1.29, 1.82) is 0 Å². The molecule has 0 bridgehead atoms. The fourth-order valence-corrected chi connectivity index (χ4v) is 4.02. The zero-order chi connectivity index (χ0) is 18.5. The van der Waals surface area contributed by atoms with Gasteiger partial charge in [-0.15, -0.1) is 0 Å². The van der Waals surface area contributed by atoms with Gasteiger partial charge < -0.3 is 9.72 Å². The third-order valence-electron chi connectivity index (χ3n) is 5.06. The van der Waals surface area contributed by atoms with Crippen molar-refractivity contribution in [3.8, 4) is 11.3 Å². The van der Waals surface area contributed by atoms with Crippen LogP contribution in [0.25, 0.3) is 11.3 Å². The number of nitrogens with one attached hydrogen (secondary N) is 1. The number of nitrogens with zero attached hydrogens (tertiary/aromatic N) is 2. The van der Waals surface area contributed by atoms with E-state index in [1.54, 1.807) is 0 Å². The van der Waals surface area contributed by atoms with Crippen LogP contribution in [0.15, 0.2) is 34.9 Å². The maximum absolute atomic E-state index is 12.8. The summed E-state index contributed by atoms with van der Waals surface area (Å²) in [5, 5.41) is 0. The molecule has 5 nitrogen and oxygen atoms in total. The number of benzene rings is 1. The molecular formula is C20H24BrN3O2. The third-order valence-corrected chi connectivity index (χ3v) is 5.59. The number of fused-ring (bicyclic) bond motifs is 1. The minimum Gasteiger partial charge on any atom is -0.444 e. The lowest BCUT2D eigenvalue weighted by molar-refractivity contribution is 0.00569. The average molecular weight is 418 g/mol. The second-order valence-electron chi connectivity index (χ2n) is 8.23. The summed E-state index contributed by atoms with van der Waals surface area (Å²) < 4.78 is 6.72. The van der Waals surface area contributed by atoms with Crippen molar-refractivity contribution in [1.82, 2.24) is 14.9 Å². The monoisotopic (exact) mass is 417 g/mol. The van der Waals surface area contributed by atoms with E-state index in [2.05, 4.69) is 25.9 Å². The van der Waals surface area contributed by atoms with E-state index in [0.29, 0.717) is 12.0 Å². The number of hydrogen-bond donors (Lipinski definition) is 1. The summed E-state index contributed by atoms with van der Waals surface area (Å²) in [7, 11) is 0. The fourth-order valence-electron chi connectivity index (χ4n) is 3.75. The molecule has 1 N–H and O–H groups in total. The van der Waals surface area contributed by atoms with Gasteiger partial charge in [0.1, 0.15) is 11.4 Å². The molecular weight excluding hydrogens is 394 g/mol. The van der Waals surface area contributed by atoms with Gasteiger partial charge in [0.2, 0.25) is 0 Å². The number of ether oxygens (including phenoxy) is 1. The van der Waals surface area contributed by atoms with Crippen molar-refractivity contribution < 1.29 is 9.53 Å². The number of hydrogen-bond acceptors (Lipinski definition) is 3. The molecule has 1 saturated carbocycles. The molecule has 2 fully saturated rings. The minimum absolute atomic E-state index is 0.0437. The van der Waals surface area contributed by atoms with Gasteiger partial charge in [0.25, 0.3) is 0 Å². The lowest BCUT2D eigenvalue weighted by Gasteiger charge is -2.35. The molecule has 1 saturated heterocycles. The topological polar surface area (TPSA) is 58.2 Å². The van der Waals surface area contributed by atoms with Crippen LogP contribution in [0.2, 0.25) is 0 Å². The zero-order valence-electron chi connectivity index (χ0n) is 15.3. The van der Waals surface area contributed by atoms with E-state index in [1.165, 1.54) is 0 Å². The Bertz CT molecular complexity index is 809. The summed E-state index contributed by atoms with van der Waals surface area (Å²) in [6.45, 7) is 5.73. The number of amides is 1. The van der Waals surface area contributed by atoms with Crippen molar-refractivity contribution in [2.24, 2.45) is 5.92 Å². The molecule has 4 rings (SSSR count). The highest BCUT2D eigenvalue weighted by atomic mass is 79.9. The first-order chi connectivity index (χ1) is 12.3. The van der Waals surface area contributed by atoms with Crippen LogP contribution in [0.5, 0.6) is 0 Å². The fraction of sp³-hybridized carbons (Fsp3) is 0.500. The summed E-state index contributed by atoms with van der Waals surface area (Å²) in [5.74, 6) is 1.47. The van der Waals surface area contributed by atoms with E-state index in [1.807, 2.05) is 56.1 Å². The van der Waals surface area contributed by atoms with Gasteiger partial charge in [0, 0.05) is 10.5 Å². The molecule has 26 heavy (non-hydrogen) atoms. The molecule has 2 heterocycles. The predicted molar refractivity (Wildman–Crippen MR) is 104 cm³/mol. The zero-order valence-corrected chi connectivity index (χ0v) is 16.9. The summed E-state index contributed by atoms with van der Waals surface area (Å²) >= 11 is 3.46. The molecule has 138 valence electrons. The molecule has 2 aromatic rings. The second kappa shape index (κ2) is 6.41.